The number of anilines is 2. The van der Waals surface area contributed by atoms with Gasteiger partial charge in [0.1, 0.15) is 15.5 Å². The van der Waals surface area contributed by atoms with Gasteiger partial charge in [0.15, 0.2) is 0 Å². The second-order valence-corrected chi connectivity index (χ2v) is 10.8. The molecule has 0 atom stereocenters. The van der Waals surface area contributed by atoms with Gasteiger partial charge >= 0.3 is 0 Å². The summed E-state index contributed by atoms with van der Waals surface area (Å²) < 4.78 is 97.7. The molecule has 13 nitrogen and oxygen atoms in total. The fourth-order valence-electron chi connectivity index (χ4n) is 3.02. The van der Waals surface area contributed by atoms with E-state index in [9.17, 15) is 48.8 Å². The van der Waals surface area contributed by atoms with E-state index in [4.69, 9.17) is 5.73 Å². The number of amides is 1. The molecule has 0 spiro atoms. The molecule has 19 heteroatoms. The molecular weight excluding hydrogens is 573 g/mol. The summed E-state index contributed by atoms with van der Waals surface area (Å²) in [5.41, 5.74) is 4.51. The van der Waals surface area contributed by atoms with Gasteiger partial charge in [-0.25, -0.2) is 0 Å². The van der Waals surface area contributed by atoms with Crippen LogP contribution >= 0.6 is 0 Å². The van der Waals surface area contributed by atoms with E-state index in [1.54, 1.807) is 0 Å². The van der Waals surface area contributed by atoms with E-state index >= 15 is 0 Å². The number of carbonyl (C=O) groups excluding carboxylic acids is 1. The molecule has 0 saturated carbocycles. The van der Waals surface area contributed by atoms with E-state index in [1.165, 1.54) is 6.07 Å². The van der Waals surface area contributed by atoms with Gasteiger partial charge in [-0.05, 0) is 36.4 Å². The van der Waals surface area contributed by atoms with E-state index < -0.39 is 73.0 Å². The van der Waals surface area contributed by atoms with Crippen molar-refractivity contribution in [1.29, 1.82) is 0 Å². The van der Waals surface area contributed by atoms with E-state index in [2.05, 4.69) is 5.32 Å². The van der Waals surface area contributed by atoms with Crippen LogP contribution in [0.2, 0.25) is 0 Å². The molecule has 0 saturated heterocycles. The molecule has 0 aliphatic heterocycles. The molecule has 0 aliphatic carbocycles. The van der Waals surface area contributed by atoms with Crippen molar-refractivity contribution in [1.82, 2.24) is 0 Å². The molecule has 0 fully saturated rings. The van der Waals surface area contributed by atoms with Crippen LogP contribution in [0.4, 0.5) is 11.4 Å². The summed E-state index contributed by atoms with van der Waals surface area (Å²) in [6.07, 6.45) is 0. The number of fused-ring (bicyclic) bond motifs is 1. The standard InChI is InChI=1S/C17H14N2O11S3.3Na/c18-8-1-2-10(15(5-8)33(28,29)30)17(21)19-12-3-4-14(32(25,26)27)11-6-9(31(22,23)24)7-13(20)16(11)12;;;/h1-7,20H,18H2,(H,19,21)(H,22,23,24)(H,25,26,27)(H,28,29,30);;;. The number of hydrogen-bond donors (Lipinski definition) is 6. The first kappa shape index (κ1) is 35.7. The molecule has 0 bridgehead atoms. The van der Waals surface area contributed by atoms with Crippen molar-refractivity contribution >= 4 is 147 Å². The number of carbonyl (C=O) groups is 1. The molecule has 36 heavy (non-hydrogen) atoms. The minimum absolute atomic E-state index is 0. The van der Waals surface area contributed by atoms with Gasteiger partial charge in [-0.3, -0.25) is 18.5 Å². The van der Waals surface area contributed by atoms with Crippen LogP contribution in [-0.2, 0) is 30.4 Å². The first-order chi connectivity index (χ1) is 15.0. The summed E-state index contributed by atoms with van der Waals surface area (Å²) in [4.78, 5) is 10.1. The topological polar surface area (TPSA) is 238 Å². The van der Waals surface area contributed by atoms with Crippen LogP contribution in [0, 0.1) is 0 Å². The minimum atomic E-state index is -4.96. The predicted molar refractivity (Wildman–Crippen MR) is 131 cm³/mol. The summed E-state index contributed by atoms with van der Waals surface area (Å²) >= 11 is 0. The van der Waals surface area contributed by atoms with Gasteiger partial charge in [0.25, 0.3) is 36.3 Å². The van der Waals surface area contributed by atoms with Gasteiger partial charge in [0.2, 0.25) is 0 Å². The molecule has 0 unspecified atom stereocenters. The quantitative estimate of drug-likeness (QED) is 0.131. The third-order valence-corrected chi connectivity index (χ3v) is 7.02. The Morgan fingerprint density at radius 3 is 1.81 bits per heavy atom. The van der Waals surface area contributed by atoms with Crippen LogP contribution < -0.4 is 11.1 Å². The van der Waals surface area contributed by atoms with Crippen LogP contribution in [0.25, 0.3) is 10.8 Å². The molecule has 3 rings (SSSR count). The zero-order chi connectivity index (χ0) is 24.9. The van der Waals surface area contributed by atoms with Crippen molar-refractivity contribution in [2.24, 2.45) is 0 Å². The van der Waals surface area contributed by atoms with Crippen LogP contribution in [0.3, 0.4) is 0 Å². The number of benzene rings is 3. The fourth-order valence-corrected chi connectivity index (χ4v) is 4.95. The molecule has 3 aromatic carbocycles. The number of rotatable bonds is 5. The third kappa shape index (κ3) is 7.87. The van der Waals surface area contributed by atoms with E-state index in [0.717, 1.165) is 24.3 Å². The predicted octanol–water partition coefficient (Wildman–Crippen LogP) is -0.0224. The van der Waals surface area contributed by atoms with Crippen LogP contribution in [0.1, 0.15) is 10.4 Å². The van der Waals surface area contributed by atoms with Gasteiger partial charge in [0.05, 0.1) is 16.1 Å². The Morgan fingerprint density at radius 2 is 1.31 bits per heavy atom. The third-order valence-electron chi connectivity index (χ3n) is 4.38. The number of aromatic hydroxyl groups is 1. The molecule has 7 N–H and O–H groups in total. The second-order valence-electron chi connectivity index (χ2n) is 6.61. The van der Waals surface area contributed by atoms with Crippen molar-refractivity contribution in [2.75, 3.05) is 11.1 Å². The number of nitrogen functional groups attached to an aromatic ring is 1. The Bertz CT molecular complexity index is 1660. The van der Waals surface area contributed by atoms with Gasteiger partial charge in [0, 0.05) is 111 Å². The second kappa shape index (κ2) is 12.7. The SMILES string of the molecule is Nc1ccc(C(=O)Nc2ccc(S(=O)(=O)O)c3cc(S(=O)(=O)O)cc(O)c23)c(S(=O)(=O)O)c1.[Na].[Na].[Na]. The molecule has 179 valence electrons. The van der Waals surface area contributed by atoms with Crippen molar-refractivity contribution in [2.45, 2.75) is 14.7 Å². The molecule has 0 aromatic heterocycles. The molecule has 3 aromatic rings. The number of hydrogen-bond acceptors (Lipinski definition) is 9. The smallest absolute Gasteiger partial charge is 0.295 e. The Labute approximate surface area is 272 Å². The molecule has 0 heterocycles. The maximum absolute atomic E-state index is 12.7. The molecular formula is C17H14N2Na3O11S3. The summed E-state index contributed by atoms with van der Waals surface area (Å²) in [6, 6.07) is 5.87. The van der Waals surface area contributed by atoms with Crippen molar-refractivity contribution < 1.29 is 48.8 Å². The average molecular weight is 587 g/mol. The van der Waals surface area contributed by atoms with Crippen molar-refractivity contribution in [3.63, 3.8) is 0 Å². The summed E-state index contributed by atoms with van der Waals surface area (Å²) in [6.45, 7) is 0. The largest absolute Gasteiger partial charge is 0.507 e. The summed E-state index contributed by atoms with van der Waals surface area (Å²) in [5, 5.41) is 11.5. The fraction of sp³-hybridized carbons (Fsp3) is 0. The van der Waals surface area contributed by atoms with Crippen LogP contribution in [0.15, 0.2) is 57.2 Å². The average Bonchev–Trinajstić information content (AvgIpc) is 2.65. The Balaban J connectivity index is 0.00000408. The minimum Gasteiger partial charge on any atom is -0.507 e. The number of phenols is 1. The zero-order valence-corrected chi connectivity index (χ0v) is 27.4. The van der Waals surface area contributed by atoms with Crippen molar-refractivity contribution in [3.05, 3.63) is 48.0 Å². The van der Waals surface area contributed by atoms with Gasteiger partial charge < -0.3 is 16.2 Å². The Hall–Kier alpha value is -0.280. The molecule has 0 aliphatic rings. The Morgan fingerprint density at radius 1 is 0.750 bits per heavy atom. The van der Waals surface area contributed by atoms with E-state index in [1.807, 2.05) is 0 Å². The number of nitrogens with one attached hydrogen (secondary N) is 1. The monoisotopic (exact) mass is 587 g/mol. The van der Waals surface area contributed by atoms with E-state index in [-0.39, 0.29) is 100 Å². The maximum Gasteiger partial charge on any atom is 0.295 e. The summed E-state index contributed by atoms with van der Waals surface area (Å²) in [7, 11) is -14.8. The first-order valence-electron chi connectivity index (χ1n) is 8.43. The van der Waals surface area contributed by atoms with Gasteiger partial charge in [-0.1, -0.05) is 0 Å². The van der Waals surface area contributed by atoms with E-state index in [0.29, 0.717) is 12.1 Å². The van der Waals surface area contributed by atoms with Crippen LogP contribution in [-0.4, -0.2) is 139 Å². The summed E-state index contributed by atoms with van der Waals surface area (Å²) in [5.74, 6) is -2.05. The van der Waals surface area contributed by atoms with Crippen LogP contribution in [0.5, 0.6) is 5.75 Å². The molecule has 3 radical (unpaired) electrons. The number of phenolic OH excluding ortho intramolecular Hbond substituents is 1. The molecule has 1 amide bonds. The zero-order valence-electron chi connectivity index (χ0n) is 19.0. The van der Waals surface area contributed by atoms with Crippen molar-refractivity contribution in [3.8, 4) is 5.75 Å². The van der Waals surface area contributed by atoms with Gasteiger partial charge in [-0.15, -0.1) is 0 Å². The number of nitrogens with two attached hydrogens (primary N) is 1. The van der Waals surface area contributed by atoms with Gasteiger partial charge in [-0.2, -0.15) is 25.3 Å². The first-order valence-corrected chi connectivity index (χ1v) is 12.8. The normalized spacial score (nSPS) is 11.5. The maximum atomic E-state index is 12.7. The Kier molecular flexibility index (Phi) is 12.6.